The molecule has 0 amide bonds. The fourth-order valence-electron chi connectivity index (χ4n) is 3.07. The molecule has 27 heavy (non-hydrogen) atoms. The van der Waals surface area contributed by atoms with Crippen molar-refractivity contribution in [3.05, 3.63) is 56.4 Å². The lowest BCUT2D eigenvalue weighted by Gasteiger charge is -2.29. The fraction of sp³-hybridized carbons (Fsp3) is 0.412. The van der Waals surface area contributed by atoms with Crippen molar-refractivity contribution in [2.45, 2.75) is 24.8 Å². The molecule has 1 aliphatic rings. The number of hydrogen-bond acceptors (Lipinski definition) is 6. The molecule has 1 aliphatic heterocycles. The van der Waals surface area contributed by atoms with Crippen LogP contribution in [0.4, 0.5) is 5.69 Å². The minimum absolute atomic E-state index is 0.00823. The summed E-state index contributed by atoms with van der Waals surface area (Å²) in [6, 6.07) is 7.01. The van der Waals surface area contributed by atoms with Gasteiger partial charge in [-0.15, -0.1) is 0 Å². The highest BCUT2D eigenvalue weighted by Crippen LogP contribution is 2.21. The first-order chi connectivity index (χ1) is 12.8. The highest BCUT2D eigenvalue weighted by Gasteiger charge is 2.24. The number of ether oxygens (including phenoxy) is 1. The molecule has 0 radical (unpaired) electrons. The summed E-state index contributed by atoms with van der Waals surface area (Å²) in [6.45, 7) is 6.06. The van der Waals surface area contributed by atoms with E-state index < -0.39 is 32.2 Å². The van der Waals surface area contributed by atoms with E-state index in [2.05, 4.69) is 14.6 Å². The maximum Gasteiger partial charge on any atom is 0.325 e. The first-order valence-electron chi connectivity index (χ1n) is 8.56. The molecule has 10 heteroatoms. The number of morpholine rings is 1. The number of aryl methyl sites for hydroxylation is 1. The van der Waals surface area contributed by atoms with Gasteiger partial charge in [-0.2, -0.15) is 0 Å². The Bertz CT molecular complexity index is 1020. The van der Waals surface area contributed by atoms with Crippen molar-refractivity contribution in [3.8, 4) is 0 Å². The van der Waals surface area contributed by atoms with Crippen LogP contribution in [-0.4, -0.2) is 44.7 Å². The second-order valence-corrected chi connectivity index (χ2v) is 8.05. The standard InChI is InChI=1S/C17H22N4O5S/c1-11(13-3-5-14(6-4-13)21-7-9-26-10-8-21)20-27(24,25)15-12(2)18-17(23)19-16(15)22/h3-6,11,20H,7-10H2,1-2H3,(H2,18,19,22,23)/t11-/m1/s1. The Hall–Kier alpha value is -2.43. The number of benzene rings is 1. The number of hydrogen-bond donors (Lipinski definition) is 3. The van der Waals surface area contributed by atoms with Crippen LogP contribution in [0, 0.1) is 6.92 Å². The molecule has 1 saturated heterocycles. The van der Waals surface area contributed by atoms with Crippen LogP contribution < -0.4 is 20.9 Å². The topological polar surface area (TPSA) is 124 Å². The molecule has 2 heterocycles. The predicted molar refractivity (Wildman–Crippen MR) is 101 cm³/mol. The van der Waals surface area contributed by atoms with Gasteiger partial charge in [-0.05, 0) is 31.5 Å². The van der Waals surface area contributed by atoms with Crippen molar-refractivity contribution in [3.63, 3.8) is 0 Å². The van der Waals surface area contributed by atoms with Crippen molar-refractivity contribution in [2.24, 2.45) is 0 Å². The van der Waals surface area contributed by atoms with Crippen LogP contribution in [0.1, 0.15) is 24.2 Å². The van der Waals surface area contributed by atoms with Crippen molar-refractivity contribution in [1.82, 2.24) is 14.7 Å². The third-order valence-corrected chi connectivity index (χ3v) is 6.14. The van der Waals surface area contributed by atoms with E-state index in [0.717, 1.165) is 24.3 Å². The highest BCUT2D eigenvalue weighted by molar-refractivity contribution is 7.89. The highest BCUT2D eigenvalue weighted by atomic mass is 32.2. The SMILES string of the molecule is Cc1[nH]c(=O)[nH]c(=O)c1S(=O)(=O)N[C@H](C)c1ccc(N2CCOCC2)cc1. The second-order valence-electron chi connectivity index (χ2n) is 6.40. The summed E-state index contributed by atoms with van der Waals surface area (Å²) in [6.07, 6.45) is 0. The van der Waals surface area contributed by atoms with E-state index in [1.54, 1.807) is 6.92 Å². The molecule has 1 atom stereocenters. The zero-order valence-electron chi connectivity index (χ0n) is 15.1. The Kier molecular flexibility index (Phi) is 5.49. The predicted octanol–water partition coefficient (Wildman–Crippen LogP) is 0.248. The molecule has 2 aromatic rings. The molecular formula is C17H22N4O5S. The fourth-order valence-corrected chi connectivity index (χ4v) is 4.54. The maximum atomic E-state index is 12.6. The molecule has 0 bridgehead atoms. The molecule has 146 valence electrons. The Morgan fingerprint density at radius 1 is 1.11 bits per heavy atom. The van der Waals surface area contributed by atoms with Crippen molar-refractivity contribution >= 4 is 15.7 Å². The van der Waals surface area contributed by atoms with Crippen LogP contribution in [-0.2, 0) is 14.8 Å². The molecule has 1 aromatic heterocycles. The largest absolute Gasteiger partial charge is 0.378 e. The smallest absolute Gasteiger partial charge is 0.325 e. The van der Waals surface area contributed by atoms with Gasteiger partial charge in [0, 0.05) is 30.5 Å². The van der Waals surface area contributed by atoms with E-state index in [0.29, 0.717) is 13.2 Å². The Labute approximate surface area is 156 Å². The van der Waals surface area contributed by atoms with Crippen molar-refractivity contribution in [2.75, 3.05) is 31.2 Å². The molecule has 0 spiro atoms. The Morgan fingerprint density at radius 2 is 1.74 bits per heavy atom. The summed E-state index contributed by atoms with van der Waals surface area (Å²) in [5, 5.41) is 0. The number of anilines is 1. The summed E-state index contributed by atoms with van der Waals surface area (Å²) in [7, 11) is -4.11. The van der Waals surface area contributed by atoms with Crippen molar-refractivity contribution < 1.29 is 13.2 Å². The third kappa shape index (κ3) is 4.29. The van der Waals surface area contributed by atoms with Gasteiger partial charge in [0.25, 0.3) is 5.56 Å². The molecule has 3 N–H and O–H groups in total. The molecule has 0 saturated carbocycles. The van der Waals surface area contributed by atoms with Crippen molar-refractivity contribution in [1.29, 1.82) is 0 Å². The number of aromatic nitrogens is 2. The van der Waals surface area contributed by atoms with Crippen LogP contribution in [0.3, 0.4) is 0 Å². The van der Waals surface area contributed by atoms with Gasteiger partial charge in [-0.25, -0.2) is 17.9 Å². The van der Waals surface area contributed by atoms with E-state index in [-0.39, 0.29) is 5.69 Å². The number of H-pyrrole nitrogens is 2. The van der Waals surface area contributed by atoms with E-state index in [4.69, 9.17) is 4.74 Å². The average Bonchev–Trinajstić information content (AvgIpc) is 2.61. The van der Waals surface area contributed by atoms with Crippen LogP contribution in [0.2, 0.25) is 0 Å². The van der Waals surface area contributed by atoms with Gasteiger partial charge in [-0.1, -0.05) is 12.1 Å². The number of rotatable bonds is 5. The summed E-state index contributed by atoms with van der Waals surface area (Å²) >= 11 is 0. The van der Waals surface area contributed by atoms with Gasteiger partial charge in [0.05, 0.1) is 13.2 Å². The Morgan fingerprint density at radius 3 is 2.33 bits per heavy atom. The molecular weight excluding hydrogens is 372 g/mol. The lowest BCUT2D eigenvalue weighted by molar-refractivity contribution is 0.122. The Balaban J connectivity index is 1.79. The summed E-state index contributed by atoms with van der Waals surface area (Å²) in [5.74, 6) is 0. The minimum atomic E-state index is -4.11. The van der Waals surface area contributed by atoms with Crippen LogP contribution in [0.15, 0.2) is 38.8 Å². The molecule has 0 unspecified atom stereocenters. The zero-order chi connectivity index (χ0) is 19.6. The summed E-state index contributed by atoms with van der Waals surface area (Å²) in [5.41, 5.74) is 0.104. The first kappa shape index (κ1) is 19.3. The van der Waals surface area contributed by atoms with Gasteiger partial charge in [-0.3, -0.25) is 9.78 Å². The van der Waals surface area contributed by atoms with E-state index >= 15 is 0 Å². The first-order valence-corrected chi connectivity index (χ1v) is 10.0. The quantitative estimate of drug-likeness (QED) is 0.668. The van der Waals surface area contributed by atoms with Gasteiger partial charge in [0.2, 0.25) is 10.0 Å². The molecule has 3 rings (SSSR count). The number of aromatic amines is 2. The van der Waals surface area contributed by atoms with Gasteiger partial charge >= 0.3 is 5.69 Å². The molecule has 1 aromatic carbocycles. The lowest BCUT2D eigenvalue weighted by atomic mass is 10.1. The normalized spacial score (nSPS) is 16.3. The molecule has 9 nitrogen and oxygen atoms in total. The monoisotopic (exact) mass is 394 g/mol. The van der Waals surface area contributed by atoms with E-state index in [1.165, 1.54) is 6.92 Å². The summed E-state index contributed by atoms with van der Waals surface area (Å²) in [4.78, 5) is 29.1. The second kappa shape index (κ2) is 7.67. The van der Waals surface area contributed by atoms with Gasteiger partial charge in [0.1, 0.15) is 0 Å². The lowest BCUT2D eigenvalue weighted by Crippen LogP contribution is -2.36. The maximum absolute atomic E-state index is 12.6. The van der Waals surface area contributed by atoms with Crippen LogP contribution >= 0.6 is 0 Å². The number of sulfonamides is 1. The molecule has 0 aliphatic carbocycles. The zero-order valence-corrected chi connectivity index (χ0v) is 15.9. The van der Waals surface area contributed by atoms with Crippen LogP contribution in [0.25, 0.3) is 0 Å². The molecule has 1 fully saturated rings. The van der Waals surface area contributed by atoms with Gasteiger partial charge in [0.15, 0.2) is 4.90 Å². The number of nitrogens with zero attached hydrogens (tertiary/aromatic N) is 1. The summed E-state index contributed by atoms with van der Waals surface area (Å²) < 4.78 is 33.0. The van der Waals surface area contributed by atoms with E-state index in [1.807, 2.05) is 29.2 Å². The minimum Gasteiger partial charge on any atom is -0.378 e. The third-order valence-electron chi connectivity index (χ3n) is 4.44. The van der Waals surface area contributed by atoms with E-state index in [9.17, 15) is 18.0 Å². The van der Waals surface area contributed by atoms with Crippen LogP contribution in [0.5, 0.6) is 0 Å². The van der Waals surface area contributed by atoms with Gasteiger partial charge < -0.3 is 14.6 Å². The average molecular weight is 394 g/mol. The number of nitrogens with one attached hydrogen (secondary N) is 3.